The van der Waals surface area contributed by atoms with Crippen LogP contribution in [-0.4, -0.2) is 58.9 Å². The number of pyridine rings is 2. The summed E-state index contributed by atoms with van der Waals surface area (Å²) < 4.78 is 0. The van der Waals surface area contributed by atoms with E-state index in [2.05, 4.69) is 29.1 Å². The molecule has 4 aromatic rings. The lowest BCUT2D eigenvalue weighted by Gasteiger charge is -2.32. The molecule has 1 saturated heterocycles. The lowest BCUT2D eigenvalue weighted by atomic mass is 10.0. The second-order valence-electron chi connectivity index (χ2n) is 7.58. The lowest BCUT2D eigenvalue weighted by molar-refractivity contribution is 0.0664. The van der Waals surface area contributed by atoms with E-state index in [0.717, 1.165) is 59.1 Å². The van der Waals surface area contributed by atoms with Gasteiger partial charge >= 0.3 is 0 Å². The number of rotatable bonds is 2. The first-order chi connectivity index (χ1) is 14.2. The van der Waals surface area contributed by atoms with Crippen LogP contribution in [0.15, 0.2) is 67.0 Å². The number of piperazine rings is 1. The van der Waals surface area contributed by atoms with Crippen LogP contribution in [0.1, 0.15) is 10.4 Å². The topological polar surface area (TPSA) is 49.3 Å². The Kier molecular flexibility index (Phi) is 4.45. The molecule has 0 saturated carbocycles. The Balaban J connectivity index is 1.64. The molecular weight excluding hydrogens is 360 g/mol. The summed E-state index contributed by atoms with van der Waals surface area (Å²) in [6.07, 6.45) is 3.68. The molecule has 5 rings (SSSR count). The van der Waals surface area contributed by atoms with Crippen LogP contribution >= 0.6 is 0 Å². The highest BCUT2D eigenvalue weighted by Crippen LogP contribution is 2.32. The number of aromatic nitrogens is 2. The van der Waals surface area contributed by atoms with E-state index >= 15 is 0 Å². The first-order valence-electron chi connectivity index (χ1n) is 9.91. The van der Waals surface area contributed by atoms with Crippen molar-refractivity contribution in [3.05, 3.63) is 72.6 Å². The fourth-order valence-electron chi connectivity index (χ4n) is 3.99. The molecule has 1 amide bonds. The fraction of sp³-hybridized carbons (Fsp3) is 0.208. The highest BCUT2D eigenvalue weighted by molar-refractivity contribution is 6.11. The van der Waals surface area contributed by atoms with Gasteiger partial charge in [0.05, 0.1) is 11.2 Å². The number of hydrogen-bond acceptors (Lipinski definition) is 4. The Bertz CT molecular complexity index is 1200. The summed E-state index contributed by atoms with van der Waals surface area (Å²) in [6.45, 7) is 3.34. The van der Waals surface area contributed by atoms with E-state index in [9.17, 15) is 4.79 Å². The van der Waals surface area contributed by atoms with Crippen LogP contribution in [0.3, 0.4) is 0 Å². The summed E-state index contributed by atoms with van der Waals surface area (Å²) >= 11 is 0. The van der Waals surface area contributed by atoms with Gasteiger partial charge in [0, 0.05) is 65.9 Å². The maximum absolute atomic E-state index is 13.0. The zero-order chi connectivity index (χ0) is 19.8. The number of carbonyl (C=O) groups excluding carboxylic acids is 1. The predicted octanol–water partition coefficient (Wildman–Crippen LogP) is 3.84. The van der Waals surface area contributed by atoms with Crippen molar-refractivity contribution in [2.75, 3.05) is 33.2 Å². The maximum atomic E-state index is 13.0. The molecule has 1 aliphatic rings. The number of benzene rings is 2. The van der Waals surface area contributed by atoms with Crippen LogP contribution in [0.25, 0.3) is 32.9 Å². The third kappa shape index (κ3) is 3.23. The van der Waals surface area contributed by atoms with Gasteiger partial charge in [-0.1, -0.05) is 36.4 Å². The van der Waals surface area contributed by atoms with E-state index in [1.54, 1.807) is 6.20 Å². The minimum absolute atomic E-state index is 0.0781. The van der Waals surface area contributed by atoms with Crippen LogP contribution in [-0.2, 0) is 0 Å². The molecule has 29 heavy (non-hydrogen) atoms. The highest BCUT2D eigenvalue weighted by atomic mass is 16.2. The zero-order valence-corrected chi connectivity index (χ0v) is 16.4. The van der Waals surface area contributed by atoms with Gasteiger partial charge in [-0.25, -0.2) is 4.98 Å². The summed E-state index contributed by atoms with van der Waals surface area (Å²) in [4.78, 5) is 26.5. The van der Waals surface area contributed by atoms with Crippen molar-refractivity contribution in [3.63, 3.8) is 0 Å². The van der Waals surface area contributed by atoms with Crippen molar-refractivity contribution in [2.45, 2.75) is 0 Å². The van der Waals surface area contributed by atoms with Gasteiger partial charge in [-0.2, -0.15) is 0 Å². The van der Waals surface area contributed by atoms with Gasteiger partial charge < -0.3 is 9.80 Å². The third-order valence-electron chi connectivity index (χ3n) is 5.68. The van der Waals surface area contributed by atoms with Crippen LogP contribution in [0, 0.1) is 0 Å². The number of carbonyl (C=O) groups is 1. The molecule has 144 valence electrons. The van der Waals surface area contributed by atoms with Gasteiger partial charge in [0.2, 0.25) is 0 Å². The van der Waals surface area contributed by atoms with Crippen molar-refractivity contribution >= 4 is 27.6 Å². The highest BCUT2D eigenvalue weighted by Gasteiger charge is 2.21. The summed E-state index contributed by atoms with van der Waals surface area (Å²) in [5, 5.41) is 3.13. The fourth-order valence-corrected chi connectivity index (χ4v) is 3.99. The van der Waals surface area contributed by atoms with Gasteiger partial charge in [-0.15, -0.1) is 0 Å². The van der Waals surface area contributed by atoms with Crippen LogP contribution in [0.4, 0.5) is 0 Å². The average Bonchev–Trinajstić information content (AvgIpc) is 2.79. The van der Waals surface area contributed by atoms with Crippen molar-refractivity contribution in [1.29, 1.82) is 0 Å². The minimum atomic E-state index is 0.0781. The van der Waals surface area contributed by atoms with Crippen molar-refractivity contribution in [2.24, 2.45) is 0 Å². The summed E-state index contributed by atoms with van der Waals surface area (Å²) in [6, 6.07) is 18.0. The number of nitrogens with zero attached hydrogens (tertiary/aromatic N) is 4. The van der Waals surface area contributed by atoms with Gasteiger partial charge in [0.1, 0.15) is 0 Å². The summed E-state index contributed by atoms with van der Waals surface area (Å²) in [5.41, 5.74) is 3.49. The maximum Gasteiger partial charge on any atom is 0.254 e. The van der Waals surface area contributed by atoms with E-state index in [-0.39, 0.29) is 5.91 Å². The quantitative estimate of drug-likeness (QED) is 0.494. The van der Waals surface area contributed by atoms with Gasteiger partial charge in [-0.3, -0.25) is 9.78 Å². The molecule has 5 nitrogen and oxygen atoms in total. The molecule has 2 aromatic carbocycles. The average molecular weight is 382 g/mol. The van der Waals surface area contributed by atoms with E-state index < -0.39 is 0 Å². The van der Waals surface area contributed by atoms with E-state index in [1.807, 2.05) is 53.6 Å². The zero-order valence-electron chi connectivity index (χ0n) is 16.4. The van der Waals surface area contributed by atoms with Crippen molar-refractivity contribution < 1.29 is 4.79 Å². The van der Waals surface area contributed by atoms with Gasteiger partial charge in [0.25, 0.3) is 5.91 Å². The largest absolute Gasteiger partial charge is 0.336 e. The van der Waals surface area contributed by atoms with E-state index in [1.165, 1.54) is 0 Å². The molecule has 1 fully saturated rings. The molecule has 1 aliphatic heterocycles. The van der Waals surface area contributed by atoms with Crippen LogP contribution in [0.2, 0.25) is 0 Å². The second kappa shape index (κ2) is 7.26. The third-order valence-corrected chi connectivity index (χ3v) is 5.68. The molecule has 0 spiro atoms. The molecule has 0 N–H and O–H groups in total. The second-order valence-corrected chi connectivity index (χ2v) is 7.58. The van der Waals surface area contributed by atoms with Gasteiger partial charge in [-0.05, 0) is 25.2 Å². The number of fused-ring (bicyclic) bond motifs is 3. The number of amides is 1. The number of hydrogen-bond donors (Lipinski definition) is 0. The summed E-state index contributed by atoms with van der Waals surface area (Å²) in [7, 11) is 2.09. The molecule has 0 aliphatic carbocycles. The SMILES string of the molecule is CN1CCN(C(=O)c2ccc3c(c2)nc(-c2ccccc2)c2ccncc23)CC1. The molecule has 0 bridgehead atoms. The Labute approximate surface area is 169 Å². The van der Waals surface area contributed by atoms with Crippen LogP contribution in [0.5, 0.6) is 0 Å². The van der Waals surface area contributed by atoms with Crippen LogP contribution < -0.4 is 0 Å². The number of likely N-dealkylation sites (N-methyl/N-ethyl adjacent to an activating group) is 1. The smallest absolute Gasteiger partial charge is 0.254 e. The molecule has 2 aromatic heterocycles. The molecule has 0 radical (unpaired) electrons. The van der Waals surface area contributed by atoms with E-state index in [0.29, 0.717) is 5.56 Å². The standard InChI is InChI=1S/C24H22N4O/c1-27-11-13-28(14-12-27)24(29)18-7-8-19-21-16-25-10-9-20(21)23(26-22(19)15-18)17-5-3-2-4-6-17/h2-10,15-16H,11-14H2,1H3. The molecule has 5 heteroatoms. The normalized spacial score (nSPS) is 15.1. The Morgan fingerprint density at radius 2 is 1.69 bits per heavy atom. The Morgan fingerprint density at radius 3 is 2.48 bits per heavy atom. The van der Waals surface area contributed by atoms with E-state index in [4.69, 9.17) is 4.98 Å². The monoisotopic (exact) mass is 382 g/mol. The summed E-state index contributed by atoms with van der Waals surface area (Å²) in [5.74, 6) is 0.0781. The molecular formula is C24H22N4O. The molecule has 3 heterocycles. The molecule has 0 unspecified atom stereocenters. The van der Waals surface area contributed by atoms with Gasteiger partial charge in [0.15, 0.2) is 0 Å². The van der Waals surface area contributed by atoms with Crippen molar-refractivity contribution in [1.82, 2.24) is 19.8 Å². The lowest BCUT2D eigenvalue weighted by Crippen LogP contribution is -2.47. The Hall–Kier alpha value is -3.31. The first-order valence-corrected chi connectivity index (χ1v) is 9.91. The first kappa shape index (κ1) is 17.8. The van der Waals surface area contributed by atoms with Crippen molar-refractivity contribution in [3.8, 4) is 11.3 Å². The molecule has 0 atom stereocenters. The Morgan fingerprint density at radius 1 is 0.897 bits per heavy atom. The predicted molar refractivity (Wildman–Crippen MR) is 116 cm³/mol. The minimum Gasteiger partial charge on any atom is -0.336 e.